The van der Waals surface area contributed by atoms with E-state index >= 15 is 0 Å². The van der Waals surface area contributed by atoms with Crippen LogP contribution >= 0.6 is 0 Å². The van der Waals surface area contributed by atoms with Gasteiger partial charge in [0.1, 0.15) is 6.54 Å². The fraction of sp³-hybridized carbons (Fsp3) is 0.625. The number of nitrogens with zero attached hydrogens (tertiary/aromatic N) is 1. The molecule has 0 aliphatic heterocycles. The van der Waals surface area contributed by atoms with Crippen LogP contribution in [-0.4, -0.2) is 0 Å². The number of fused-ring (bicyclic) bond motifs is 1. The first kappa shape index (κ1) is 19.9. The number of benzene rings is 1. The highest BCUT2D eigenvalue weighted by molar-refractivity contribution is 5.81. The van der Waals surface area contributed by atoms with Crippen LogP contribution in [-0.2, 0) is 6.54 Å². The Labute approximate surface area is 155 Å². The standard InChI is InChI=1S/C24H38N/c1-3-4-5-6-7-8-9-10-11-12-13-14-18-25-19-17-23-20-22(2)15-16-24(23)21-25/h15-17,19-21H,3-14,18H2,1-2H3/q+1. The van der Waals surface area contributed by atoms with Gasteiger partial charge in [0.15, 0.2) is 12.4 Å². The van der Waals surface area contributed by atoms with Gasteiger partial charge in [-0.05, 0) is 24.8 Å². The smallest absolute Gasteiger partial charge is 0.176 e. The summed E-state index contributed by atoms with van der Waals surface area (Å²) in [4.78, 5) is 0. The van der Waals surface area contributed by atoms with Crippen LogP contribution in [0.15, 0.2) is 36.7 Å². The van der Waals surface area contributed by atoms with Gasteiger partial charge in [0, 0.05) is 17.9 Å². The monoisotopic (exact) mass is 340 g/mol. The first-order valence-corrected chi connectivity index (χ1v) is 10.7. The largest absolute Gasteiger partial charge is 0.205 e. The Balaban J connectivity index is 1.50. The predicted molar refractivity (Wildman–Crippen MR) is 110 cm³/mol. The van der Waals surface area contributed by atoms with E-state index in [1.165, 1.54) is 93.4 Å². The SMILES string of the molecule is CCCCCCCCCCCCCC[n+]1ccc2cc(C)ccc2c1. The van der Waals surface area contributed by atoms with Crippen molar-refractivity contribution in [1.29, 1.82) is 0 Å². The van der Waals surface area contributed by atoms with Crippen LogP contribution in [0.1, 0.15) is 89.5 Å². The van der Waals surface area contributed by atoms with Crippen molar-refractivity contribution in [3.8, 4) is 0 Å². The summed E-state index contributed by atoms with van der Waals surface area (Å²) in [7, 11) is 0. The van der Waals surface area contributed by atoms with Crippen LogP contribution in [0.5, 0.6) is 0 Å². The molecule has 1 heteroatoms. The lowest BCUT2D eigenvalue weighted by Gasteiger charge is -2.03. The molecular formula is C24H38N+. The minimum Gasteiger partial charge on any atom is -0.205 e. The van der Waals surface area contributed by atoms with Crippen molar-refractivity contribution in [3.63, 3.8) is 0 Å². The van der Waals surface area contributed by atoms with E-state index in [0.717, 1.165) is 6.54 Å². The maximum atomic E-state index is 2.36. The average molecular weight is 341 g/mol. The number of pyridine rings is 1. The summed E-state index contributed by atoms with van der Waals surface area (Å²) in [5.41, 5.74) is 1.34. The van der Waals surface area contributed by atoms with Crippen LogP contribution < -0.4 is 4.57 Å². The lowest BCUT2D eigenvalue weighted by atomic mass is 10.1. The van der Waals surface area contributed by atoms with E-state index in [4.69, 9.17) is 0 Å². The highest BCUT2D eigenvalue weighted by atomic mass is 14.9. The molecule has 2 rings (SSSR count). The molecule has 0 fully saturated rings. The molecule has 0 bridgehead atoms. The van der Waals surface area contributed by atoms with Crippen LogP contribution in [0, 0.1) is 6.92 Å². The van der Waals surface area contributed by atoms with Crippen molar-refractivity contribution in [1.82, 2.24) is 0 Å². The molecule has 0 spiro atoms. The molecule has 2 aromatic rings. The zero-order valence-corrected chi connectivity index (χ0v) is 16.6. The Morgan fingerprint density at radius 3 is 1.92 bits per heavy atom. The quantitative estimate of drug-likeness (QED) is 0.269. The van der Waals surface area contributed by atoms with Crippen molar-refractivity contribution < 1.29 is 4.57 Å². The fourth-order valence-electron chi connectivity index (χ4n) is 3.63. The van der Waals surface area contributed by atoms with Gasteiger partial charge >= 0.3 is 0 Å². The normalized spacial score (nSPS) is 11.3. The summed E-state index contributed by atoms with van der Waals surface area (Å²) in [6.45, 7) is 5.60. The summed E-state index contributed by atoms with van der Waals surface area (Å²) in [5.74, 6) is 0. The molecule has 0 saturated heterocycles. The maximum absolute atomic E-state index is 2.36. The predicted octanol–water partition coefficient (Wildman–Crippen LogP) is 7.14. The number of aryl methyl sites for hydroxylation is 2. The topological polar surface area (TPSA) is 3.88 Å². The van der Waals surface area contributed by atoms with Crippen LogP contribution in [0.25, 0.3) is 10.8 Å². The summed E-state index contributed by atoms with van der Waals surface area (Å²) < 4.78 is 2.36. The molecule has 0 unspecified atom stereocenters. The van der Waals surface area contributed by atoms with Crippen molar-refractivity contribution >= 4 is 10.8 Å². The van der Waals surface area contributed by atoms with Crippen molar-refractivity contribution in [2.75, 3.05) is 0 Å². The molecular weight excluding hydrogens is 302 g/mol. The van der Waals surface area contributed by atoms with Crippen molar-refractivity contribution in [2.45, 2.75) is 97.4 Å². The number of aromatic nitrogens is 1. The van der Waals surface area contributed by atoms with Gasteiger partial charge in [0.25, 0.3) is 0 Å². The van der Waals surface area contributed by atoms with E-state index < -0.39 is 0 Å². The lowest BCUT2D eigenvalue weighted by molar-refractivity contribution is -0.696. The zero-order valence-electron chi connectivity index (χ0n) is 16.6. The number of hydrogen-bond acceptors (Lipinski definition) is 0. The van der Waals surface area contributed by atoms with Crippen LogP contribution in [0.4, 0.5) is 0 Å². The average Bonchev–Trinajstić information content (AvgIpc) is 2.62. The fourth-order valence-corrected chi connectivity index (χ4v) is 3.63. The second kappa shape index (κ2) is 12.1. The van der Waals surface area contributed by atoms with E-state index in [9.17, 15) is 0 Å². The van der Waals surface area contributed by atoms with Gasteiger partial charge in [0.05, 0.1) is 0 Å². The molecule has 25 heavy (non-hydrogen) atoms. The Kier molecular flexibility index (Phi) is 9.62. The molecule has 0 atom stereocenters. The van der Waals surface area contributed by atoms with Gasteiger partial charge in [-0.3, -0.25) is 0 Å². The highest BCUT2D eigenvalue weighted by Gasteiger charge is 2.03. The lowest BCUT2D eigenvalue weighted by Crippen LogP contribution is -2.32. The Morgan fingerprint density at radius 2 is 1.28 bits per heavy atom. The van der Waals surface area contributed by atoms with E-state index in [0.29, 0.717) is 0 Å². The maximum Gasteiger partial charge on any atom is 0.176 e. The summed E-state index contributed by atoms with van der Waals surface area (Å²) in [5, 5.41) is 2.71. The Morgan fingerprint density at radius 1 is 0.680 bits per heavy atom. The Hall–Kier alpha value is -1.37. The molecule has 1 nitrogen and oxygen atoms in total. The third-order valence-electron chi connectivity index (χ3n) is 5.26. The first-order valence-electron chi connectivity index (χ1n) is 10.7. The highest BCUT2D eigenvalue weighted by Crippen LogP contribution is 2.14. The van der Waals surface area contributed by atoms with Gasteiger partial charge in [-0.25, -0.2) is 4.57 Å². The van der Waals surface area contributed by atoms with Gasteiger partial charge in [0.2, 0.25) is 0 Å². The second-order valence-electron chi connectivity index (χ2n) is 7.70. The minimum atomic E-state index is 1.15. The van der Waals surface area contributed by atoms with Gasteiger partial charge in [-0.15, -0.1) is 0 Å². The van der Waals surface area contributed by atoms with E-state index in [-0.39, 0.29) is 0 Å². The number of hydrogen-bond donors (Lipinski definition) is 0. The van der Waals surface area contributed by atoms with Crippen molar-refractivity contribution in [3.05, 3.63) is 42.2 Å². The molecule has 0 aliphatic carbocycles. The van der Waals surface area contributed by atoms with E-state index in [1.807, 2.05) is 0 Å². The van der Waals surface area contributed by atoms with E-state index in [1.54, 1.807) is 0 Å². The minimum absolute atomic E-state index is 1.15. The molecule has 0 saturated carbocycles. The van der Waals surface area contributed by atoms with Gasteiger partial charge in [-0.1, -0.05) is 88.8 Å². The Bertz CT molecular complexity index is 602. The third kappa shape index (κ3) is 8.03. The molecule has 1 aromatic carbocycles. The molecule has 0 aliphatic rings. The third-order valence-corrected chi connectivity index (χ3v) is 5.26. The molecule has 1 aromatic heterocycles. The molecule has 0 amide bonds. The summed E-state index contributed by atoms with van der Waals surface area (Å²) in [6.07, 6.45) is 21.5. The van der Waals surface area contributed by atoms with E-state index in [2.05, 4.69) is 55.1 Å². The summed E-state index contributed by atoms with van der Waals surface area (Å²) in [6, 6.07) is 8.96. The van der Waals surface area contributed by atoms with Crippen LogP contribution in [0.2, 0.25) is 0 Å². The number of unbranched alkanes of at least 4 members (excludes halogenated alkanes) is 11. The molecule has 0 radical (unpaired) electrons. The molecule has 1 heterocycles. The van der Waals surface area contributed by atoms with Crippen LogP contribution in [0.3, 0.4) is 0 Å². The first-order chi connectivity index (χ1) is 12.3. The van der Waals surface area contributed by atoms with Crippen molar-refractivity contribution in [2.24, 2.45) is 0 Å². The number of rotatable bonds is 13. The zero-order chi connectivity index (χ0) is 17.7. The summed E-state index contributed by atoms with van der Waals surface area (Å²) >= 11 is 0. The molecule has 138 valence electrons. The second-order valence-corrected chi connectivity index (χ2v) is 7.70. The van der Waals surface area contributed by atoms with Gasteiger partial charge in [-0.2, -0.15) is 0 Å². The molecule has 0 N–H and O–H groups in total. The van der Waals surface area contributed by atoms with Gasteiger partial charge < -0.3 is 0 Å².